The number of hydrogen-bond donors (Lipinski definition) is 0. The molecule has 0 aliphatic heterocycles. The van der Waals surface area contributed by atoms with E-state index in [-0.39, 0.29) is 5.91 Å². The molecule has 1 amide bonds. The van der Waals surface area contributed by atoms with Gasteiger partial charge in [-0.15, -0.1) is 10.2 Å². The van der Waals surface area contributed by atoms with Crippen molar-refractivity contribution in [2.24, 2.45) is 7.05 Å². The lowest BCUT2D eigenvalue weighted by Crippen LogP contribution is -2.26. The molecule has 0 fully saturated rings. The topological polar surface area (TPSA) is 77.6 Å². The molecule has 0 saturated carbocycles. The van der Waals surface area contributed by atoms with E-state index >= 15 is 0 Å². The lowest BCUT2D eigenvalue weighted by atomic mass is 10.2. The van der Waals surface area contributed by atoms with Crippen LogP contribution in [0.2, 0.25) is 0 Å². The predicted octanol–water partition coefficient (Wildman–Crippen LogP) is 2.41. The van der Waals surface area contributed by atoms with Crippen molar-refractivity contribution >= 4 is 11.6 Å². The van der Waals surface area contributed by atoms with Gasteiger partial charge in [-0.1, -0.05) is 0 Å². The summed E-state index contributed by atoms with van der Waals surface area (Å²) in [6, 6.07) is 11.1. The van der Waals surface area contributed by atoms with Gasteiger partial charge in [-0.25, -0.2) is 0 Å². The van der Waals surface area contributed by atoms with E-state index in [0.717, 1.165) is 11.4 Å². The van der Waals surface area contributed by atoms with E-state index in [2.05, 4.69) is 15.2 Å². The fourth-order valence-electron chi connectivity index (χ4n) is 3.09. The number of pyridine rings is 2. The summed E-state index contributed by atoms with van der Waals surface area (Å²) in [5, 5.41) is 8.47. The molecule has 4 rings (SSSR count). The summed E-state index contributed by atoms with van der Waals surface area (Å²) in [4.78, 5) is 18.9. The minimum Gasteiger partial charge on any atom is -0.497 e. The average Bonchev–Trinajstić information content (AvgIpc) is 3.32. The van der Waals surface area contributed by atoms with E-state index in [1.807, 2.05) is 40.4 Å². The van der Waals surface area contributed by atoms with Crippen LogP contribution in [0.1, 0.15) is 16.1 Å². The zero-order chi connectivity index (χ0) is 19.7. The second-order valence-corrected chi connectivity index (χ2v) is 6.52. The Morgan fingerprint density at radius 1 is 1.21 bits per heavy atom. The van der Waals surface area contributed by atoms with Crippen molar-refractivity contribution < 1.29 is 9.53 Å². The second-order valence-electron chi connectivity index (χ2n) is 6.52. The number of hydrogen-bond acceptors (Lipinski definition) is 5. The van der Waals surface area contributed by atoms with Gasteiger partial charge < -0.3 is 14.2 Å². The first kappa shape index (κ1) is 17.7. The van der Waals surface area contributed by atoms with Crippen LogP contribution in [0.5, 0.6) is 5.75 Å². The summed E-state index contributed by atoms with van der Waals surface area (Å²) < 4.78 is 9.01. The Hall–Kier alpha value is -3.68. The van der Waals surface area contributed by atoms with Gasteiger partial charge in [0.05, 0.1) is 30.6 Å². The monoisotopic (exact) mass is 376 g/mol. The van der Waals surface area contributed by atoms with E-state index < -0.39 is 0 Å². The van der Waals surface area contributed by atoms with E-state index in [1.165, 1.54) is 0 Å². The molecule has 4 aromatic heterocycles. The lowest BCUT2D eigenvalue weighted by molar-refractivity contribution is 0.0783. The van der Waals surface area contributed by atoms with Crippen molar-refractivity contribution in [3.8, 4) is 17.3 Å². The molecule has 0 aromatic carbocycles. The highest BCUT2D eigenvalue weighted by Gasteiger charge is 2.16. The summed E-state index contributed by atoms with van der Waals surface area (Å²) in [5.41, 5.74) is 2.91. The molecule has 4 aromatic rings. The SMILES string of the molecule is COc1ccnc(CN(C)C(=O)c2ccc3nnc(-c4cccn4C)n3c2)c1. The number of ether oxygens (including phenoxy) is 1. The number of methoxy groups -OCH3 is 1. The molecule has 0 bridgehead atoms. The zero-order valence-corrected chi connectivity index (χ0v) is 15.9. The maximum Gasteiger partial charge on any atom is 0.255 e. The molecule has 0 unspecified atom stereocenters. The molecule has 28 heavy (non-hydrogen) atoms. The van der Waals surface area contributed by atoms with Gasteiger partial charge in [0.25, 0.3) is 5.91 Å². The summed E-state index contributed by atoms with van der Waals surface area (Å²) in [5.74, 6) is 1.29. The van der Waals surface area contributed by atoms with Gasteiger partial charge in [0, 0.05) is 38.8 Å². The summed E-state index contributed by atoms with van der Waals surface area (Å²) in [6.45, 7) is 0.376. The predicted molar refractivity (Wildman–Crippen MR) is 104 cm³/mol. The van der Waals surface area contributed by atoms with Gasteiger partial charge in [0.1, 0.15) is 5.75 Å². The van der Waals surface area contributed by atoms with Crippen LogP contribution >= 0.6 is 0 Å². The molecule has 142 valence electrons. The molecular formula is C20H20N6O2. The minimum atomic E-state index is -0.113. The average molecular weight is 376 g/mol. The molecule has 4 heterocycles. The van der Waals surface area contributed by atoms with E-state index in [9.17, 15) is 4.79 Å². The largest absolute Gasteiger partial charge is 0.497 e. The standard InChI is InChI=1S/C20H20N6O2/c1-24-10-4-5-17(24)19-23-22-18-7-6-14(12-26(18)19)20(27)25(2)13-15-11-16(28-3)8-9-21-15/h4-12H,13H2,1-3H3. The number of aryl methyl sites for hydroxylation is 1. The van der Waals surface area contributed by atoms with Gasteiger partial charge in [0.15, 0.2) is 11.5 Å². The number of fused-ring (bicyclic) bond motifs is 1. The zero-order valence-electron chi connectivity index (χ0n) is 15.9. The number of rotatable bonds is 5. The van der Waals surface area contributed by atoms with Crippen molar-refractivity contribution in [1.82, 2.24) is 29.0 Å². The molecule has 0 atom stereocenters. The molecular weight excluding hydrogens is 356 g/mol. The van der Waals surface area contributed by atoms with Crippen LogP contribution in [0.15, 0.2) is 55.0 Å². The van der Waals surface area contributed by atoms with Gasteiger partial charge in [-0.2, -0.15) is 0 Å². The second kappa shape index (κ2) is 7.15. The number of carbonyl (C=O) groups excluding carboxylic acids is 1. The Labute approximate surface area is 162 Å². The molecule has 8 heteroatoms. The van der Waals surface area contributed by atoms with Crippen molar-refractivity contribution in [2.45, 2.75) is 6.54 Å². The van der Waals surface area contributed by atoms with Gasteiger partial charge in [0.2, 0.25) is 0 Å². The summed E-state index contributed by atoms with van der Waals surface area (Å²) >= 11 is 0. The molecule has 0 spiro atoms. The molecule has 0 aliphatic carbocycles. The third-order valence-electron chi connectivity index (χ3n) is 4.59. The highest BCUT2D eigenvalue weighted by molar-refractivity contribution is 5.94. The van der Waals surface area contributed by atoms with Crippen molar-refractivity contribution in [3.63, 3.8) is 0 Å². The first-order chi connectivity index (χ1) is 13.6. The van der Waals surface area contributed by atoms with Crippen LogP contribution in [0, 0.1) is 0 Å². The minimum absolute atomic E-state index is 0.113. The molecule has 8 nitrogen and oxygen atoms in total. The maximum absolute atomic E-state index is 12.9. The van der Waals surface area contributed by atoms with Gasteiger partial charge in [-0.05, 0) is 30.3 Å². The van der Waals surface area contributed by atoms with Crippen LogP contribution in [-0.2, 0) is 13.6 Å². The van der Waals surface area contributed by atoms with Crippen LogP contribution in [0.4, 0.5) is 0 Å². The van der Waals surface area contributed by atoms with E-state index in [0.29, 0.717) is 29.3 Å². The fraction of sp³-hybridized carbons (Fsp3) is 0.200. The Bertz CT molecular complexity index is 1150. The number of amides is 1. The van der Waals surface area contributed by atoms with E-state index in [1.54, 1.807) is 49.7 Å². The summed E-state index contributed by atoms with van der Waals surface area (Å²) in [7, 11) is 5.30. The number of carbonyl (C=O) groups is 1. The Morgan fingerprint density at radius 2 is 2.07 bits per heavy atom. The molecule has 0 saturated heterocycles. The van der Waals surface area contributed by atoms with E-state index in [4.69, 9.17) is 4.74 Å². The van der Waals surface area contributed by atoms with Gasteiger partial charge in [-0.3, -0.25) is 14.2 Å². The molecule has 0 radical (unpaired) electrons. The van der Waals surface area contributed by atoms with Crippen LogP contribution in [0.25, 0.3) is 17.2 Å². The third-order valence-corrected chi connectivity index (χ3v) is 4.59. The quantitative estimate of drug-likeness (QED) is 0.535. The van der Waals surface area contributed by atoms with Crippen molar-refractivity contribution in [2.75, 3.05) is 14.2 Å². The lowest BCUT2D eigenvalue weighted by Gasteiger charge is -2.17. The Kier molecular flexibility index (Phi) is 4.52. The van der Waals surface area contributed by atoms with Gasteiger partial charge >= 0.3 is 0 Å². The Balaban J connectivity index is 1.62. The highest BCUT2D eigenvalue weighted by Crippen LogP contribution is 2.20. The first-order valence-corrected chi connectivity index (χ1v) is 8.77. The first-order valence-electron chi connectivity index (χ1n) is 8.77. The number of aromatic nitrogens is 5. The molecule has 0 aliphatic rings. The van der Waals surface area contributed by atoms with Crippen LogP contribution < -0.4 is 4.74 Å². The highest BCUT2D eigenvalue weighted by atomic mass is 16.5. The smallest absolute Gasteiger partial charge is 0.255 e. The maximum atomic E-state index is 12.9. The van der Waals surface area contributed by atoms with Crippen molar-refractivity contribution in [1.29, 1.82) is 0 Å². The normalized spacial score (nSPS) is 11.0. The molecule has 0 N–H and O–H groups in total. The third kappa shape index (κ3) is 3.20. The fourth-order valence-corrected chi connectivity index (χ4v) is 3.09. The summed E-state index contributed by atoms with van der Waals surface area (Å²) in [6.07, 6.45) is 5.39. The number of nitrogens with zero attached hydrogens (tertiary/aromatic N) is 6. The van der Waals surface area contributed by atoms with Crippen molar-refractivity contribution in [3.05, 3.63) is 66.2 Å². The Morgan fingerprint density at radius 3 is 2.82 bits per heavy atom. The van der Waals surface area contributed by atoms with Crippen LogP contribution in [0.3, 0.4) is 0 Å². The van der Waals surface area contributed by atoms with Crippen LogP contribution in [-0.4, -0.2) is 49.1 Å².